The lowest BCUT2D eigenvalue weighted by molar-refractivity contribution is -0.189. The summed E-state index contributed by atoms with van der Waals surface area (Å²) < 4.78 is 9.32. The zero-order valence-electron chi connectivity index (χ0n) is 5.99. The van der Waals surface area contributed by atoms with Crippen molar-refractivity contribution in [2.24, 2.45) is 5.92 Å². The molecule has 1 heterocycles. The normalized spacial score (nSPS) is 32.5. The first-order valence-corrected chi connectivity index (χ1v) is 4.19. The third-order valence-electron chi connectivity index (χ3n) is 1.73. The Hall–Kier alpha value is 0.120. The molecule has 0 radical (unpaired) electrons. The van der Waals surface area contributed by atoms with Crippen molar-refractivity contribution >= 4 is 29.0 Å². The van der Waals surface area contributed by atoms with Gasteiger partial charge in [0.15, 0.2) is 6.29 Å². The highest BCUT2D eigenvalue weighted by molar-refractivity contribution is 14.1. The molecule has 0 aromatic carbocycles. The maximum absolute atomic E-state index is 10.6. The van der Waals surface area contributed by atoms with Gasteiger partial charge in [-0.2, -0.15) is 0 Å². The number of halogens is 1. The number of hydrogen-bond donors (Lipinski definition) is 1. The molecule has 3 atom stereocenters. The van der Waals surface area contributed by atoms with Crippen LogP contribution in [0.5, 0.6) is 0 Å². The molecule has 1 rings (SSSR count). The molecule has 0 spiro atoms. The SMILES string of the molecule is C[C@@H]1C(=O)O[C@H]1C[C@H](O)OI. The molecule has 11 heavy (non-hydrogen) atoms. The van der Waals surface area contributed by atoms with Crippen molar-refractivity contribution in [2.75, 3.05) is 0 Å². The van der Waals surface area contributed by atoms with E-state index in [4.69, 9.17) is 9.84 Å². The van der Waals surface area contributed by atoms with Crippen LogP contribution in [0.2, 0.25) is 0 Å². The van der Waals surface area contributed by atoms with Crippen LogP contribution in [0, 0.1) is 5.92 Å². The van der Waals surface area contributed by atoms with E-state index in [9.17, 15) is 4.79 Å². The molecule has 0 saturated carbocycles. The summed E-state index contributed by atoms with van der Waals surface area (Å²) >= 11 is 1.61. The number of hydrogen-bond acceptors (Lipinski definition) is 4. The van der Waals surface area contributed by atoms with Gasteiger partial charge in [-0.3, -0.25) is 7.86 Å². The van der Waals surface area contributed by atoms with Gasteiger partial charge in [-0.25, -0.2) is 0 Å². The fourth-order valence-electron chi connectivity index (χ4n) is 0.925. The van der Waals surface area contributed by atoms with Crippen molar-refractivity contribution in [2.45, 2.75) is 25.7 Å². The summed E-state index contributed by atoms with van der Waals surface area (Å²) in [5.74, 6) is -0.299. The molecule has 0 aromatic heterocycles. The molecular formula is C6H9IO4. The predicted octanol–water partition coefficient (Wildman–Crippen LogP) is 0.623. The van der Waals surface area contributed by atoms with Crippen molar-refractivity contribution in [1.29, 1.82) is 0 Å². The average Bonchev–Trinajstić information content (AvgIpc) is 2.03. The quantitative estimate of drug-likeness (QED) is 0.465. The van der Waals surface area contributed by atoms with E-state index in [1.54, 1.807) is 29.9 Å². The van der Waals surface area contributed by atoms with E-state index in [0.29, 0.717) is 6.42 Å². The topological polar surface area (TPSA) is 55.8 Å². The van der Waals surface area contributed by atoms with Gasteiger partial charge in [-0.1, -0.05) is 0 Å². The molecule has 1 aliphatic rings. The van der Waals surface area contributed by atoms with Crippen molar-refractivity contribution < 1.29 is 17.7 Å². The van der Waals surface area contributed by atoms with Crippen LogP contribution in [0.15, 0.2) is 0 Å². The van der Waals surface area contributed by atoms with Crippen LogP contribution in [0.3, 0.4) is 0 Å². The molecule has 0 unspecified atom stereocenters. The number of esters is 1. The first-order valence-electron chi connectivity index (χ1n) is 3.31. The molecule has 64 valence electrons. The van der Waals surface area contributed by atoms with Gasteiger partial charge in [0.2, 0.25) is 0 Å². The lowest BCUT2D eigenvalue weighted by atomic mass is 9.96. The van der Waals surface area contributed by atoms with Crippen molar-refractivity contribution in [3.8, 4) is 0 Å². The second-order valence-corrected chi connectivity index (χ2v) is 3.05. The molecule has 5 heteroatoms. The highest BCUT2D eigenvalue weighted by Gasteiger charge is 2.39. The summed E-state index contributed by atoms with van der Waals surface area (Å²) in [6.45, 7) is 1.77. The summed E-state index contributed by atoms with van der Waals surface area (Å²) in [5.41, 5.74) is 0. The predicted molar refractivity (Wildman–Crippen MR) is 44.8 cm³/mol. The molecule has 1 fully saturated rings. The van der Waals surface area contributed by atoms with Gasteiger partial charge in [0.1, 0.15) is 29.1 Å². The number of aliphatic hydroxyl groups is 1. The van der Waals surface area contributed by atoms with Gasteiger partial charge in [0, 0.05) is 6.42 Å². The van der Waals surface area contributed by atoms with E-state index in [1.807, 2.05) is 0 Å². The van der Waals surface area contributed by atoms with E-state index in [2.05, 4.69) is 3.07 Å². The summed E-state index contributed by atoms with van der Waals surface area (Å²) in [5, 5.41) is 8.98. The van der Waals surface area contributed by atoms with E-state index in [0.717, 1.165) is 0 Å². The third-order valence-corrected chi connectivity index (χ3v) is 2.32. The molecule has 0 bridgehead atoms. The number of carbonyl (C=O) groups excluding carboxylic acids is 1. The fraction of sp³-hybridized carbons (Fsp3) is 0.833. The number of rotatable bonds is 3. The highest BCUT2D eigenvalue weighted by Crippen LogP contribution is 2.25. The number of ether oxygens (including phenoxy) is 1. The Morgan fingerprint density at radius 1 is 1.91 bits per heavy atom. The molecule has 0 amide bonds. The zero-order chi connectivity index (χ0) is 8.43. The molecule has 0 aliphatic carbocycles. The monoisotopic (exact) mass is 272 g/mol. The summed E-state index contributed by atoms with van der Waals surface area (Å²) in [4.78, 5) is 10.6. The first-order chi connectivity index (χ1) is 5.15. The van der Waals surface area contributed by atoms with Crippen LogP contribution in [-0.2, 0) is 12.6 Å². The minimum Gasteiger partial charge on any atom is -0.461 e. The Balaban J connectivity index is 2.24. The van der Waals surface area contributed by atoms with Crippen LogP contribution in [-0.4, -0.2) is 23.5 Å². The first kappa shape index (κ1) is 9.21. The van der Waals surface area contributed by atoms with E-state index < -0.39 is 6.29 Å². The minimum absolute atomic E-state index is 0.101. The smallest absolute Gasteiger partial charge is 0.312 e. The molecule has 0 aromatic rings. The van der Waals surface area contributed by atoms with Crippen molar-refractivity contribution in [1.82, 2.24) is 0 Å². The molecule has 1 aliphatic heterocycles. The fourth-order valence-corrected chi connectivity index (χ4v) is 1.13. The summed E-state index contributed by atoms with van der Waals surface area (Å²) in [7, 11) is 0. The second-order valence-electron chi connectivity index (χ2n) is 2.54. The molecule has 1 saturated heterocycles. The second kappa shape index (κ2) is 3.68. The van der Waals surface area contributed by atoms with Crippen LogP contribution < -0.4 is 0 Å². The average molecular weight is 272 g/mol. The lowest BCUT2D eigenvalue weighted by Crippen LogP contribution is -2.45. The van der Waals surface area contributed by atoms with Crippen LogP contribution in [0.4, 0.5) is 0 Å². The van der Waals surface area contributed by atoms with Gasteiger partial charge in [-0.15, -0.1) is 0 Å². The largest absolute Gasteiger partial charge is 0.461 e. The Morgan fingerprint density at radius 3 is 2.91 bits per heavy atom. The van der Waals surface area contributed by atoms with Gasteiger partial charge in [0.05, 0.1) is 5.92 Å². The van der Waals surface area contributed by atoms with Gasteiger partial charge in [-0.05, 0) is 6.92 Å². The molecule has 1 N–H and O–H groups in total. The summed E-state index contributed by atoms with van der Waals surface area (Å²) in [6.07, 6.45) is -0.654. The zero-order valence-corrected chi connectivity index (χ0v) is 8.15. The number of aliphatic hydroxyl groups excluding tert-OH is 1. The Labute approximate surface area is 78.6 Å². The van der Waals surface area contributed by atoms with Gasteiger partial charge < -0.3 is 9.84 Å². The Bertz CT molecular complexity index is 161. The third kappa shape index (κ3) is 2.03. The van der Waals surface area contributed by atoms with Crippen LogP contribution in [0.25, 0.3) is 0 Å². The van der Waals surface area contributed by atoms with Crippen LogP contribution in [0.1, 0.15) is 13.3 Å². The molecular weight excluding hydrogens is 263 g/mol. The van der Waals surface area contributed by atoms with Crippen LogP contribution >= 0.6 is 23.0 Å². The standard InChI is InChI=1S/C6H9IO4/c1-3-4(10-6(3)9)2-5(8)11-7/h3-5,8H,2H2,1H3/t3-,4-,5+/m0/s1. The minimum atomic E-state index is -0.837. The van der Waals surface area contributed by atoms with E-state index in [1.165, 1.54) is 0 Å². The maximum Gasteiger partial charge on any atom is 0.312 e. The summed E-state index contributed by atoms with van der Waals surface area (Å²) in [6, 6.07) is 0. The van der Waals surface area contributed by atoms with E-state index in [-0.39, 0.29) is 18.0 Å². The maximum atomic E-state index is 10.6. The Kier molecular flexibility index (Phi) is 3.08. The van der Waals surface area contributed by atoms with Crippen molar-refractivity contribution in [3.63, 3.8) is 0 Å². The number of cyclic esters (lactones) is 1. The Morgan fingerprint density at radius 2 is 2.55 bits per heavy atom. The van der Waals surface area contributed by atoms with Gasteiger partial charge in [0.25, 0.3) is 0 Å². The lowest BCUT2D eigenvalue weighted by Gasteiger charge is -2.33. The molecule has 4 nitrogen and oxygen atoms in total. The van der Waals surface area contributed by atoms with E-state index >= 15 is 0 Å². The van der Waals surface area contributed by atoms with Crippen molar-refractivity contribution in [3.05, 3.63) is 0 Å². The van der Waals surface area contributed by atoms with Gasteiger partial charge >= 0.3 is 5.97 Å². The highest BCUT2D eigenvalue weighted by atomic mass is 127. The number of carbonyl (C=O) groups is 1.